The molecule has 1 saturated heterocycles. The van der Waals surface area contributed by atoms with Crippen LogP contribution in [0.25, 0.3) is 0 Å². The van der Waals surface area contributed by atoms with Gasteiger partial charge in [0.15, 0.2) is 0 Å². The van der Waals surface area contributed by atoms with Gasteiger partial charge in [-0.15, -0.1) is 0 Å². The van der Waals surface area contributed by atoms with Gasteiger partial charge < -0.3 is 15.0 Å². The van der Waals surface area contributed by atoms with Crippen LogP contribution in [0, 0.1) is 11.8 Å². The molecule has 88 valence electrons. The molecule has 1 heterocycles. The summed E-state index contributed by atoms with van der Waals surface area (Å²) in [7, 11) is 1.79. The highest BCUT2D eigenvalue weighted by atomic mass is 16.5. The molecule has 1 saturated carbocycles. The maximum absolute atomic E-state index is 5.19. The zero-order valence-electron chi connectivity index (χ0n) is 10.0. The average Bonchev–Trinajstić information content (AvgIpc) is 3.01. The molecule has 1 aliphatic heterocycles. The Labute approximate surface area is 93.2 Å². The molecule has 3 nitrogen and oxygen atoms in total. The third kappa shape index (κ3) is 3.44. The first-order valence-electron chi connectivity index (χ1n) is 6.24. The summed E-state index contributed by atoms with van der Waals surface area (Å²) in [6.45, 7) is 7.98. The monoisotopic (exact) mass is 212 g/mol. The quantitative estimate of drug-likeness (QED) is 0.734. The molecule has 3 heteroatoms. The zero-order valence-corrected chi connectivity index (χ0v) is 10.0. The Kier molecular flexibility index (Phi) is 4.00. The van der Waals surface area contributed by atoms with E-state index in [1.807, 2.05) is 0 Å². The van der Waals surface area contributed by atoms with Gasteiger partial charge >= 0.3 is 0 Å². The lowest BCUT2D eigenvalue weighted by Gasteiger charge is -2.35. The maximum atomic E-state index is 5.19. The number of rotatable bonds is 5. The molecule has 0 aromatic carbocycles. The van der Waals surface area contributed by atoms with Gasteiger partial charge in [-0.3, -0.25) is 0 Å². The summed E-state index contributed by atoms with van der Waals surface area (Å²) in [5.41, 5.74) is 0. The molecule has 1 aliphatic carbocycles. The second-order valence-corrected chi connectivity index (χ2v) is 5.22. The summed E-state index contributed by atoms with van der Waals surface area (Å²) in [4.78, 5) is 2.60. The molecule has 0 amide bonds. The van der Waals surface area contributed by atoms with Crippen LogP contribution in [-0.4, -0.2) is 50.8 Å². The van der Waals surface area contributed by atoms with E-state index >= 15 is 0 Å². The number of ether oxygens (including phenoxy) is 1. The van der Waals surface area contributed by atoms with E-state index in [2.05, 4.69) is 17.1 Å². The fourth-order valence-electron chi connectivity index (χ4n) is 2.60. The smallest absolute Gasteiger partial charge is 0.0500 e. The first-order valence-corrected chi connectivity index (χ1v) is 6.24. The van der Waals surface area contributed by atoms with Crippen LogP contribution in [0.15, 0.2) is 0 Å². The van der Waals surface area contributed by atoms with E-state index in [4.69, 9.17) is 4.74 Å². The van der Waals surface area contributed by atoms with Gasteiger partial charge in [-0.1, -0.05) is 6.92 Å². The third-order valence-corrected chi connectivity index (χ3v) is 3.50. The Morgan fingerprint density at radius 2 is 2.27 bits per heavy atom. The van der Waals surface area contributed by atoms with Gasteiger partial charge in [-0.25, -0.2) is 0 Å². The lowest BCUT2D eigenvalue weighted by atomic mass is 10.1. The maximum Gasteiger partial charge on any atom is 0.0500 e. The predicted octanol–water partition coefficient (Wildman–Crippen LogP) is 0.953. The van der Waals surface area contributed by atoms with Gasteiger partial charge in [0.05, 0.1) is 0 Å². The van der Waals surface area contributed by atoms with E-state index in [0.717, 1.165) is 18.6 Å². The van der Waals surface area contributed by atoms with E-state index in [-0.39, 0.29) is 0 Å². The van der Waals surface area contributed by atoms with E-state index in [0.29, 0.717) is 5.92 Å². The van der Waals surface area contributed by atoms with E-state index in [1.54, 1.807) is 7.11 Å². The molecule has 2 unspecified atom stereocenters. The minimum Gasteiger partial charge on any atom is -0.384 e. The van der Waals surface area contributed by atoms with Crippen molar-refractivity contribution in [1.29, 1.82) is 0 Å². The highest BCUT2D eigenvalue weighted by Gasteiger charge is 2.33. The largest absolute Gasteiger partial charge is 0.384 e. The lowest BCUT2D eigenvalue weighted by Crippen LogP contribution is -2.52. The van der Waals surface area contributed by atoms with Crippen molar-refractivity contribution in [2.45, 2.75) is 25.8 Å². The van der Waals surface area contributed by atoms with Crippen LogP contribution in [0.1, 0.15) is 19.8 Å². The topological polar surface area (TPSA) is 24.5 Å². The van der Waals surface area contributed by atoms with Crippen LogP contribution in [0.4, 0.5) is 0 Å². The number of piperazine rings is 1. The standard InChI is InChI=1S/C12H24N2O/c1-10(9-15-2)7-14-6-5-13-12(8-14)11-3-4-11/h10-13H,3-9H2,1-2H3. The Bertz CT molecular complexity index is 194. The molecule has 2 atom stereocenters. The SMILES string of the molecule is COCC(C)CN1CCNC(C2CC2)C1. The van der Waals surface area contributed by atoms with Crippen molar-refractivity contribution in [1.82, 2.24) is 10.2 Å². The van der Waals surface area contributed by atoms with Crippen LogP contribution in [0.5, 0.6) is 0 Å². The van der Waals surface area contributed by atoms with E-state index in [1.165, 1.54) is 39.0 Å². The van der Waals surface area contributed by atoms with Crippen molar-refractivity contribution in [3.05, 3.63) is 0 Å². The summed E-state index contributed by atoms with van der Waals surface area (Å²) in [6.07, 6.45) is 2.89. The number of hydrogen-bond donors (Lipinski definition) is 1. The van der Waals surface area contributed by atoms with Crippen LogP contribution >= 0.6 is 0 Å². The van der Waals surface area contributed by atoms with Gasteiger partial charge in [-0.2, -0.15) is 0 Å². The van der Waals surface area contributed by atoms with Crippen LogP contribution in [0.2, 0.25) is 0 Å². The van der Waals surface area contributed by atoms with Gasteiger partial charge in [-0.05, 0) is 24.7 Å². The van der Waals surface area contributed by atoms with Crippen molar-refractivity contribution < 1.29 is 4.74 Å². The van der Waals surface area contributed by atoms with Gasteiger partial charge in [0, 0.05) is 45.9 Å². The van der Waals surface area contributed by atoms with E-state index in [9.17, 15) is 0 Å². The first kappa shape index (κ1) is 11.4. The average molecular weight is 212 g/mol. The minimum atomic E-state index is 0.660. The highest BCUT2D eigenvalue weighted by Crippen LogP contribution is 2.33. The van der Waals surface area contributed by atoms with Crippen molar-refractivity contribution >= 4 is 0 Å². The first-order chi connectivity index (χ1) is 7.29. The molecular formula is C12H24N2O. The Balaban J connectivity index is 1.71. The highest BCUT2D eigenvalue weighted by molar-refractivity contribution is 4.91. The molecular weight excluding hydrogens is 188 g/mol. The van der Waals surface area contributed by atoms with Crippen molar-refractivity contribution in [3.8, 4) is 0 Å². The zero-order chi connectivity index (χ0) is 10.7. The van der Waals surface area contributed by atoms with Gasteiger partial charge in [0.1, 0.15) is 0 Å². The lowest BCUT2D eigenvalue weighted by molar-refractivity contribution is 0.111. The minimum absolute atomic E-state index is 0.660. The van der Waals surface area contributed by atoms with Gasteiger partial charge in [0.25, 0.3) is 0 Å². The Morgan fingerprint density at radius 1 is 1.47 bits per heavy atom. The fraction of sp³-hybridized carbons (Fsp3) is 1.00. The Hall–Kier alpha value is -0.120. The van der Waals surface area contributed by atoms with Crippen LogP contribution in [-0.2, 0) is 4.74 Å². The normalized spacial score (nSPS) is 30.4. The Morgan fingerprint density at radius 3 is 2.93 bits per heavy atom. The molecule has 0 spiro atoms. The van der Waals surface area contributed by atoms with Crippen molar-refractivity contribution in [3.63, 3.8) is 0 Å². The third-order valence-electron chi connectivity index (χ3n) is 3.50. The molecule has 0 bridgehead atoms. The molecule has 2 aliphatic rings. The van der Waals surface area contributed by atoms with E-state index < -0.39 is 0 Å². The summed E-state index contributed by atoms with van der Waals surface area (Å²) in [5.74, 6) is 1.64. The molecule has 15 heavy (non-hydrogen) atoms. The molecule has 0 aromatic heterocycles. The molecule has 0 aromatic rings. The summed E-state index contributed by atoms with van der Waals surface area (Å²) < 4.78 is 5.19. The fourth-order valence-corrected chi connectivity index (χ4v) is 2.60. The number of hydrogen-bond acceptors (Lipinski definition) is 3. The van der Waals surface area contributed by atoms with Crippen molar-refractivity contribution in [2.75, 3.05) is 39.9 Å². The summed E-state index contributed by atoms with van der Waals surface area (Å²) >= 11 is 0. The van der Waals surface area contributed by atoms with Crippen molar-refractivity contribution in [2.24, 2.45) is 11.8 Å². The second-order valence-electron chi connectivity index (χ2n) is 5.22. The molecule has 2 rings (SSSR count). The van der Waals surface area contributed by atoms with Crippen LogP contribution < -0.4 is 5.32 Å². The molecule has 0 radical (unpaired) electrons. The van der Waals surface area contributed by atoms with Gasteiger partial charge in [0.2, 0.25) is 0 Å². The number of nitrogens with one attached hydrogen (secondary N) is 1. The van der Waals surface area contributed by atoms with Crippen LogP contribution in [0.3, 0.4) is 0 Å². The summed E-state index contributed by atoms with van der Waals surface area (Å²) in [6, 6.07) is 0.772. The predicted molar refractivity (Wildman–Crippen MR) is 62.0 cm³/mol. The molecule has 1 N–H and O–H groups in total. The summed E-state index contributed by atoms with van der Waals surface area (Å²) in [5, 5.41) is 3.64. The number of nitrogens with zero attached hydrogens (tertiary/aromatic N) is 1. The second kappa shape index (κ2) is 5.28. The molecule has 2 fully saturated rings. The number of methoxy groups -OCH3 is 1.